The van der Waals surface area contributed by atoms with E-state index in [-0.39, 0.29) is 18.4 Å². The van der Waals surface area contributed by atoms with Gasteiger partial charge in [-0.1, -0.05) is 18.2 Å². The van der Waals surface area contributed by atoms with Crippen molar-refractivity contribution in [2.45, 2.75) is 24.9 Å². The standard InChI is InChI=1S/C17H19NO3S/c19-16(13-6-2-1-3-7-13)18-12-17(20,14-8-4-10-21-14)15-9-5-11-22-15/h1-2,4-5,8-11,13,20H,3,6-7,12H2,(H,18,19). The van der Waals surface area contributed by atoms with Crippen LogP contribution >= 0.6 is 11.3 Å². The fraction of sp³-hybridized carbons (Fsp3) is 0.353. The third kappa shape index (κ3) is 3.00. The molecule has 1 aliphatic rings. The van der Waals surface area contributed by atoms with E-state index in [1.807, 2.05) is 23.6 Å². The number of carbonyl (C=O) groups excluding carboxylic acids is 1. The molecule has 5 heteroatoms. The Labute approximate surface area is 133 Å². The minimum Gasteiger partial charge on any atom is -0.466 e. The van der Waals surface area contributed by atoms with Gasteiger partial charge in [0.25, 0.3) is 0 Å². The second kappa shape index (κ2) is 6.50. The molecule has 2 aromatic heterocycles. The maximum Gasteiger partial charge on any atom is 0.223 e. The molecular formula is C17H19NO3S. The first-order chi connectivity index (χ1) is 10.7. The van der Waals surface area contributed by atoms with E-state index >= 15 is 0 Å². The number of rotatable bonds is 5. The molecule has 2 atom stereocenters. The summed E-state index contributed by atoms with van der Waals surface area (Å²) in [5, 5.41) is 15.9. The molecule has 2 N–H and O–H groups in total. The summed E-state index contributed by atoms with van der Waals surface area (Å²) in [5.41, 5.74) is -1.32. The maximum absolute atomic E-state index is 12.3. The number of nitrogens with one attached hydrogen (secondary N) is 1. The highest BCUT2D eigenvalue weighted by atomic mass is 32.1. The van der Waals surface area contributed by atoms with Gasteiger partial charge in [-0.3, -0.25) is 4.79 Å². The Balaban J connectivity index is 1.74. The van der Waals surface area contributed by atoms with Gasteiger partial charge in [0.2, 0.25) is 5.91 Å². The van der Waals surface area contributed by atoms with Crippen LogP contribution < -0.4 is 5.32 Å². The van der Waals surface area contributed by atoms with Crippen LogP contribution in [0.4, 0.5) is 0 Å². The quantitative estimate of drug-likeness (QED) is 0.833. The lowest BCUT2D eigenvalue weighted by Crippen LogP contribution is -2.43. The van der Waals surface area contributed by atoms with Crippen molar-refractivity contribution in [2.24, 2.45) is 5.92 Å². The van der Waals surface area contributed by atoms with Crippen LogP contribution in [0, 0.1) is 5.92 Å². The molecule has 0 spiro atoms. The maximum atomic E-state index is 12.3. The summed E-state index contributed by atoms with van der Waals surface area (Å²) >= 11 is 1.44. The zero-order chi connectivity index (χ0) is 15.4. The first-order valence-corrected chi connectivity index (χ1v) is 8.31. The van der Waals surface area contributed by atoms with Gasteiger partial charge in [0.15, 0.2) is 5.60 Å². The van der Waals surface area contributed by atoms with Gasteiger partial charge < -0.3 is 14.8 Å². The van der Waals surface area contributed by atoms with Gasteiger partial charge in [0.1, 0.15) is 5.76 Å². The molecule has 0 fully saturated rings. The number of hydrogen-bond donors (Lipinski definition) is 2. The van der Waals surface area contributed by atoms with Crippen LogP contribution in [0.3, 0.4) is 0 Å². The summed E-state index contributed by atoms with van der Waals surface area (Å²) < 4.78 is 5.39. The topological polar surface area (TPSA) is 62.5 Å². The molecule has 3 rings (SSSR count). The molecule has 0 aromatic carbocycles. The lowest BCUT2D eigenvalue weighted by Gasteiger charge is -2.26. The molecule has 1 aliphatic carbocycles. The van der Waals surface area contributed by atoms with E-state index in [9.17, 15) is 9.90 Å². The Morgan fingerprint density at radius 3 is 2.95 bits per heavy atom. The first-order valence-electron chi connectivity index (χ1n) is 7.43. The first kappa shape index (κ1) is 15.1. The van der Waals surface area contributed by atoms with E-state index < -0.39 is 5.60 Å². The Hall–Kier alpha value is -1.85. The lowest BCUT2D eigenvalue weighted by atomic mass is 9.93. The van der Waals surface area contributed by atoms with Crippen molar-refractivity contribution in [1.29, 1.82) is 0 Å². The van der Waals surface area contributed by atoms with Crippen molar-refractivity contribution in [2.75, 3.05) is 6.54 Å². The summed E-state index contributed by atoms with van der Waals surface area (Å²) in [6.07, 6.45) is 8.25. The fourth-order valence-corrected chi connectivity index (χ4v) is 3.54. The van der Waals surface area contributed by atoms with E-state index in [0.717, 1.165) is 24.1 Å². The minimum atomic E-state index is -1.32. The molecule has 2 heterocycles. The molecule has 2 unspecified atom stereocenters. The summed E-state index contributed by atoms with van der Waals surface area (Å²) in [6, 6.07) is 7.20. The second-order valence-corrected chi connectivity index (χ2v) is 6.46. The average Bonchev–Trinajstić information content (AvgIpc) is 3.26. The molecule has 4 nitrogen and oxygen atoms in total. The van der Waals surface area contributed by atoms with Crippen LogP contribution in [0.15, 0.2) is 52.5 Å². The van der Waals surface area contributed by atoms with E-state index in [4.69, 9.17) is 4.42 Å². The van der Waals surface area contributed by atoms with E-state index in [1.54, 1.807) is 12.1 Å². The zero-order valence-corrected chi connectivity index (χ0v) is 13.0. The monoisotopic (exact) mass is 317 g/mol. The molecule has 0 bridgehead atoms. The Kier molecular flexibility index (Phi) is 4.45. The van der Waals surface area contributed by atoms with Crippen molar-refractivity contribution >= 4 is 17.2 Å². The molecule has 0 aliphatic heterocycles. The molecule has 116 valence electrons. The molecule has 2 aromatic rings. The Morgan fingerprint density at radius 1 is 1.41 bits per heavy atom. The van der Waals surface area contributed by atoms with Crippen molar-refractivity contribution in [3.8, 4) is 0 Å². The smallest absolute Gasteiger partial charge is 0.223 e. The van der Waals surface area contributed by atoms with Gasteiger partial charge in [-0.25, -0.2) is 0 Å². The van der Waals surface area contributed by atoms with Crippen LogP contribution in [0.25, 0.3) is 0 Å². The van der Waals surface area contributed by atoms with Crippen LogP contribution in [0.2, 0.25) is 0 Å². The number of hydrogen-bond acceptors (Lipinski definition) is 4. The summed E-state index contributed by atoms with van der Waals surface area (Å²) in [7, 11) is 0. The summed E-state index contributed by atoms with van der Waals surface area (Å²) in [6.45, 7) is 0.111. The largest absolute Gasteiger partial charge is 0.466 e. The van der Waals surface area contributed by atoms with Crippen molar-refractivity contribution in [1.82, 2.24) is 5.32 Å². The summed E-state index contributed by atoms with van der Waals surface area (Å²) in [5.74, 6) is 0.430. The zero-order valence-electron chi connectivity index (χ0n) is 12.2. The predicted molar refractivity (Wildman–Crippen MR) is 85.5 cm³/mol. The van der Waals surface area contributed by atoms with Crippen LogP contribution in [0.1, 0.15) is 29.9 Å². The number of amides is 1. The molecule has 1 amide bonds. The highest BCUT2D eigenvalue weighted by Gasteiger charge is 2.36. The number of thiophene rings is 1. The predicted octanol–water partition coefficient (Wildman–Crippen LogP) is 3.05. The number of aliphatic hydroxyl groups is 1. The van der Waals surface area contributed by atoms with Crippen molar-refractivity contribution in [3.63, 3.8) is 0 Å². The highest BCUT2D eigenvalue weighted by Crippen LogP contribution is 2.32. The molecule has 0 radical (unpaired) electrons. The fourth-order valence-electron chi connectivity index (χ4n) is 2.71. The van der Waals surface area contributed by atoms with Crippen molar-refractivity contribution < 1.29 is 14.3 Å². The molecule has 22 heavy (non-hydrogen) atoms. The molecule has 0 saturated heterocycles. The number of allylic oxidation sites excluding steroid dienone is 2. The SMILES string of the molecule is O=C(NCC(O)(c1ccco1)c1cccs1)C1CC=CCC1. The Morgan fingerprint density at radius 2 is 2.32 bits per heavy atom. The molecule has 0 saturated carbocycles. The second-order valence-electron chi connectivity index (χ2n) is 5.51. The Bertz CT molecular complexity index is 597. The van der Waals surface area contributed by atoms with Crippen molar-refractivity contribution in [3.05, 3.63) is 58.7 Å². The van der Waals surface area contributed by atoms with Gasteiger partial charge in [-0.2, -0.15) is 0 Å². The van der Waals surface area contributed by atoms with E-state index in [1.165, 1.54) is 17.6 Å². The van der Waals surface area contributed by atoms with Crippen LogP contribution in [-0.4, -0.2) is 17.6 Å². The molecular weight excluding hydrogens is 298 g/mol. The normalized spacial score (nSPS) is 20.5. The highest BCUT2D eigenvalue weighted by molar-refractivity contribution is 7.10. The van der Waals surface area contributed by atoms with Gasteiger partial charge >= 0.3 is 0 Å². The number of carbonyl (C=O) groups is 1. The van der Waals surface area contributed by atoms with Gasteiger partial charge in [-0.05, 0) is 42.8 Å². The van der Waals surface area contributed by atoms with Gasteiger partial charge in [0.05, 0.1) is 12.8 Å². The van der Waals surface area contributed by atoms with Gasteiger partial charge in [0, 0.05) is 10.8 Å². The van der Waals surface area contributed by atoms with E-state index in [0.29, 0.717) is 5.76 Å². The summed E-state index contributed by atoms with van der Waals surface area (Å²) in [4.78, 5) is 13.1. The van der Waals surface area contributed by atoms with Crippen LogP contribution in [0.5, 0.6) is 0 Å². The number of furan rings is 1. The van der Waals surface area contributed by atoms with Crippen LogP contribution in [-0.2, 0) is 10.4 Å². The van der Waals surface area contributed by atoms with Gasteiger partial charge in [-0.15, -0.1) is 11.3 Å². The average molecular weight is 317 g/mol. The third-order valence-corrected chi connectivity index (χ3v) is 5.04. The lowest BCUT2D eigenvalue weighted by molar-refractivity contribution is -0.126. The minimum absolute atomic E-state index is 0.00538. The van der Waals surface area contributed by atoms with E-state index in [2.05, 4.69) is 11.4 Å². The third-order valence-electron chi connectivity index (χ3n) is 4.02.